The number of pyridine rings is 1. The molecule has 0 fully saturated rings. The monoisotopic (exact) mass is 354 g/mol. The molecule has 0 aliphatic heterocycles. The normalized spacial score (nSPS) is 9.88. The minimum absolute atomic E-state index is 0.0157. The van der Waals surface area contributed by atoms with Crippen LogP contribution in [0.3, 0.4) is 0 Å². The van der Waals surface area contributed by atoms with Gasteiger partial charge in [-0.3, -0.25) is 4.79 Å². The first-order valence-electron chi connectivity index (χ1n) is 7.53. The van der Waals surface area contributed by atoms with E-state index in [9.17, 15) is 19.7 Å². The third-order valence-electron chi connectivity index (χ3n) is 3.52. The number of carbonyl (C=O) groups excluding carboxylic acids is 1. The Morgan fingerprint density at radius 3 is 2.50 bits per heavy atom. The van der Waals surface area contributed by atoms with E-state index in [1.807, 2.05) is 12.1 Å². The molecule has 8 heteroatoms. The fourth-order valence-electron chi connectivity index (χ4n) is 2.34. The lowest BCUT2D eigenvalue weighted by atomic mass is 9.96. The number of nitrogens with zero attached hydrogens (tertiary/aromatic N) is 3. The fourth-order valence-corrected chi connectivity index (χ4v) is 2.34. The molecule has 1 aromatic heterocycles. The Balaban J connectivity index is 2.71. The molecule has 0 saturated carbocycles. The Morgan fingerprint density at radius 2 is 1.92 bits per heavy atom. The van der Waals surface area contributed by atoms with Crippen molar-refractivity contribution in [3.8, 4) is 29.1 Å². The largest absolute Gasteiger partial charge is 0.480 e. The number of hydrogen-bond acceptors (Lipinski definition) is 6. The summed E-state index contributed by atoms with van der Waals surface area (Å²) in [5.41, 5.74) is -0.169. The van der Waals surface area contributed by atoms with Gasteiger partial charge in [0, 0.05) is 18.2 Å². The standard InChI is InChI=1S/C18H15FN4O3/c1-25-8-7-15(24)22-17-12(9-20)16(11-5-3-4-6-14(11)19)13(10-21)18(23-17)26-2/h3-6H,7-8H2,1-2H3,(H,22,23,24). The molecular weight excluding hydrogens is 339 g/mol. The molecule has 2 rings (SSSR count). The summed E-state index contributed by atoms with van der Waals surface area (Å²) in [6.45, 7) is 0.182. The van der Waals surface area contributed by atoms with Gasteiger partial charge in [-0.15, -0.1) is 0 Å². The lowest BCUT2D eigenvalue weighted by Gasteiger charge is -2.15. The number of methoxy groups -OCH3 is 2. The van der Waals surface area contributed by atoms with Crippen LogP contribution >= 0.6 is 0 Å². The summed E-state index contributed by atoms with van der Waals surface area (Å²) in [6, 6.07) is 9.49. The maximum absolute atomic E-state index is 14.3. The van der Waals surface area contributed by atoms with Crippen LogP contribution in [0.4, 0.5) is 10.2 Å². The topological polar surface area (TPSA) is 108 Å². The average molecular weight is 354 g/mol. The van der Waals surface area contributed by atoms with Crippen LogP contribution in [-0.4, -0.2) is 31.7 Å². The van der Waals surface area contributed by atoms with Crippen molar-refractivity contribution in [3.05, 3.63) is 41.2 Å². The molecule has 7 nitrogen and oxygen atoms in total. The highest BCUT2D eigenvalue weighted by molar-refractivity contribution is 5.94. The van der Waals surface area contributed by atoms with E-state index in [1.165, 1.54) is 32.4 Å². The zero-order valence-corrected chi connectivity index (χ0v) is 14.2. The maximum atomic E-state index is 14.3. The smallest absolute Gasteiger partial charge is 0.234 e. The summed E-state index contributed by atoms with van der Waals surface area (Å²) in [4.78, 5) is 16.0. The van der Waals surface area contributed by atoms with Crippen molar-refractivity contribution >= 4 is 11.7 Å². The summed E-state index contributed by atoms with van der Waals surface area (Å²) < 4.78 is 24.3. The van der Waals surface area contributed by atoms with Crippen molar-refractivity contribution in [3.63, 3.8) is 0 Å². The molecule has 0 unspecified atom stereocenters. The molecule has 0 aliphatic rings. The molecule has 0 saturated heterocycles. The number of hydrogen-bond donors (Lipinski definition) is 1. The summed E-state index contributed by atoms with van der Waals surface area (Å²) in [6.07, 6.45) is 0.0421. The summed E-state index contributed by atoms with van der Waals surface area (Å²) in [5.74, 6) is -1.29. The van der Waals surface area contributed by atoms with Gasteiger partial charge in [-0.05, 0) is 6.07 Å². The van der Waals surface area contributed by atoms with Gasteiger partial charge in [0.15, 0.2) is 5.82 Å². The zero-order chi connectivity index (χ0) is 19.1. The van der Waals surface area contributed by atoms with Gasteiger partial charge in [0.2, 0.25) is 11.8 Å². The number of rotatable bonds is 6. The third kappa shape index (κ3) is 3.77. The van der Waals surface area contributed by atoms with Crippen molar-refractivity contribution in [2.24, 2.45) is 0 Å². The van der Waals surface area contributed by atoms with Crippen LogP contribution in [-0.2, 0) is 9.53 Å². The van der Waals surface area contributed by atoms with Crippen molar-refractivity contribution in [2.45, 2.75) is 6.42 Å². The number of ether oxygens (including phenoxy) is 2. The van der Waals surface area contributed by atoms with Crippen LogP contribution in [0.5, 0.6) is 5.88 Å². The molecule has 1 N–H and O–H groups in total. The van der Waals surface area contributed by atoms with Crippen LogP contribution in [0.25, 0.3) is 11.1 Å². The number of benzene rings is 1. The number of aromatic nitrogens is 1. The summed E-state index contributed by atoms with van der Waals surface area (Å²) >= 11 is 0. The van der Waals surface area contributed by atoms with Crippen molar-refractivity contribution in [1.82, 2.24) is 4.98 Å². The first-order valence-corrected chi connectivity index (χ1v) is 7.53. The van der Waals surface area contributed by atoms with E-state index >= 15 is 0 Å². The second kappa shape index (κ2) is 8.56. The highest BCUT2D eigenvalue weighted by atomic mass is 19.1. The van der Waals surface area contributed by atoms with Gasteiger partial charge in [0.25, 0.3) is 0 Å². The molecule has 0 spiro atoms. The molecule has 26 heavy (non-hydrogen) atoms. The van der Waals surface area contributed by atoms with E-state index < -0.39 is 11.7 Å². The van der Waals surface area contributed by atoms with E-state index in [4.69, 9.17) is 9.47 Å². The number of nitriles is 2. The van der Waals surface area contributed by atoms with Gasteiger partial charge in [0.1, 0.15) is 29.1 Å². The lowest BCUT2D eigenvalue weighted by molar-refractivity contribution is -0.117. The second-order valence-electron chi connectivity index (χ2n) is 5.09. The highest BCUT2D eigenvalue weighted by Crippen LogP contribution is 2.37. The quantitative estimate of drug-likeness (QED) is 0.854. The first-order chi connectivity index (χ1) is 12.6. The van der Waals surface area contributed by atoms with Gasteiger partial charge in [-0.1, -0.05) is 18.2 Å². The van der Waals surface area contributed by atoms with Crippen LogP contribution < -0.4 is 10.1 Å². The van der Waals surface area contributed by atoms with Gasteiger partial charge >= 0.3 is 0 Å². The van der Waals surface area contributed by atoms with Gasteiger partial charge in [-0.25, -0.2) is 4.39 Å². The molecule has 1 amide bonds. The number of carbonyl (C=O) groups is 1. The molecule has 0 radical (unpaired) electrons. The Hall–Kier alpha value is -3.49. The lowest BCUT2D eigenvalue weighted by Crippen LogP contribution is -2.17. The summed E-state index contributed by atoms with van der Waals surface area (Å²) in [5, 5.41) is 21.6. The van der Waals surface area contributed by atoms with Gasteiger partial charge in [-0.2, -0.15) is 15.5 Å². The minimum Gasteiger partial charge on any atom is -0.480 e. The predicted molar refractivity (Wildman–Crippen MR) is 90.7 cm³/mol. The first kappa shape index (κ1) is 18.8. The third-order valence-corrected chi connectivity index (χ3v) is 3.52. The highest BCUT2D eigenvalue weighted by Gasteiger charge is 2.24. The SMILES string of the molecule is COCCC(=O)Nc1nc(OC)c(C#N)c(-c2ccccc2F)c1C#N. The van der Waals surface area contributed by atoms with E-state index in [-0.39, 0.29) is 47.0 Å². The zero-order valence-electron chi connectivity index (χ0n) is 14.2. The number of nitrogens with one attached hydrogen (secondary N) is 1. The minimum atomic E-state index is -0.620. The molecule has 1 heterocycles. The fraction of sp³-hybridized carbons (Fsp3) is 0.222. The molecule has 1 aromatic carbocycles. The Kier molecular flexibility index (Phi) is 6.20. The Morgan fingerprint density at radius 1 is 1.23 bits per heavy atom. The molecule has 0 atom stereocenters. The maximum Gasteiger partial charge on any atom is 0.234 e. The van der Waals surface area contributed by atoms with Gasteiger partial charge < -0.3 is 14.8 Å². The van der Waals surface area contributed by atoms with E-state index in [2.05, 4.69) is 10.3 Å². The van der Waals surface area contributed by atoms with Crippen molar-refractivity contribution < 1.29 is 18.7 Å². The summed E-state index contributed by atoms with van der Waals surface area (Å²) in [7, 11) is 2.74. The van der Waals surface area contributed by atoms with E-state index in [0.717, 1.165) is 0 Å². The number of amides is 1. The molecule has 2 aromatic rings. The second-order valence-corrected chi connectivity index (χ2v) is 5.09. The van der Waals surface area contributed by atoms with E-state index in [0.29, 0.717) is 0 Å². The molecule has 0 aliphatic carbocycles. The number of anilines is 1. The number of halogens is 1. The Labute approximate surface area is 149 Å². The van der Waals surface area contributed by atoms with Crippen molar-refractivity contribution in [1.29, 1.82) is 10.5 Å². The average Bonchev–Trinajstić information content (AvgIpc) is 2.65. The Bertz CT molecular complexity index is 916. The predicted octanol–water partition coefficient (Wildman–Crippen LogP) is 2.61. The molecular formula is C18H15FN4O3. The van der Waals surface area contributed by atoms with Crippen molar-refractivity contribution in [2.75, 3.05) is 26.1 Å². The molecule has 0 bridgehead atoms. The molecule has 132 valence electrons. The van der Waals surface area contributed by atoms with Crippen LogP contribution in [0.2, 0.25) is 0 Å². The van der Waals surface area contributed by atoms with Crippen LogP contribution in [0.1, 0.15) is 17.5 Å². The van der Waals surface area contributed by atoms with Gasteiger partial charge in [0.05, 0.1) is 20.1 Å². The van der Waals surface area contributed by atoms with Crippen LogP contribution in [0, 0.1) is 28.5 Å². The van der Waals surface area contributed by atoms with Crippen LogP contribution in [0.15, 0.2) is 24.3 Å². The van der Waals surface area contributed by atoms with E-state index in [1.54, 1.807) is 6.07 Å².